The molecule has 1 aliphatic rings. The number of imidazole rings is 1. The van der Waals surface area contributed by atoms with Gasteiger partial charge in [0.2, 0.25) is 0 Å². The normalized spacial score (nSPS) is 17.2. The maximum atomic E-state index is 7.52. The molecule has 15 heavy (non-hydrogen) atoms. The quantitative estimate of drug-likeness (QED) is 0.569. The van der Waals surface area contributed by atoms with Crippen molar-refractivity contribution in [3.63, 3.8) is 0 Å². The molecule has 1 heterocycles. The number of nitrogens with two attached hydrogens (primary N) is 1. The fraction of sp³-hybridized carbons (Fsp3) is 0.636. The van der Waals surface area contributed by atoms with Crippen LogP contribution in [0, 0.1) is 12.3 Å². The molecular formula is C11H18N4. The van der Waals surface area contributed by atoms with Crippen molar-refractivity contribution in [2.24, 2.45) is 5.73 Å². The van der Waals surface area contributed by atoms with Gasteiger partial charge in [0, 0.05) is 5.69 Å². The zero-order chi connectivity index (χ0) is 11.0. The number of aromatic nitrogens is 2. The second kappa shape index (κ2) is 3.68. The summed E-state index contributed by atoms with van der Waals surface area (Å²) >= 11 is 0. The lowest BCUT2D eigenvalue weighted by Gasteiger charge is -2.19. The maximum Gasteiger partial charge on any atom is 0.114 e. The van der Waals surface area contributed by atoms with E-state index in [0.29, 0.717) is 0 Å². The van der Waals surface area contributed by atoms with Gasteiger partial charge in [0.1, 0.15) is 11.7 Å². The lowest BCUT2D eigenvalue weighted by Crippen LogP contribution is -2.26. The predicted octanol–water partition coefficient (Wildman–Crippen LogP) is 1.57. The van der Waals surface area contributed by atoms with Crippen LogP contribution in [0.2, 0.25) is 0 Å². The van der Waals surface area contributed by atoms with Gasteiger partial charge in [-0.3, -0.25) is 5.41 Å². The van der Waals surface area contributed by atoms with E-state index in [0.717, 1.165) is 18.7 Å². The first-order valence-electron chi connectivity index (χ1n) is 5.51. The first-order valence-corrected chi connectivity index (χ1v) is 5.51. The average Bonchev–Trinajstić information content (AvgIpc) is 2.52. The van der Waals surface area contributed by atoms with Crippen LogP contribution in [-0.4, -0.2) is 15.4 Å². The lowest BCUT2D eigenvalue weighted by molar-refractivity contribution is 0.587. The summed E-state index contributed by atoms with van der Waals surface area (Å²) in [6, 6.07) is -0.0562. The Morgan fingerprint density at radius 2 is 2.13 bits per heavy atom. The van der Waals surface area contributed by atoms with Gasteiger partial charge in [-0.25, -0.2) is 4.98 Å². The van der Waals surface area contributed by atoms with Gasteiger partial charge in [0.15, 0.2) is 0 Å². The number of amidine groups is 1. The first-order chi connectivity index (χ1) is 7.11. The Morgan fingerprint density at radius 3 is 2.80 bits per heavy atom. The van der Waals surface area contributed by atoms with Crippen LogP contribution in [0.15, 0.2) is 0 Å². The van der Waals surface area contributed by atoms with Gasteiger partial charge < -0.3 is 10.3 Å². The number of nitrogens with zero attached hydrogens (tertiary/aromatic N) is 2. The smallest absolute Gasteiger partial charge is 0.114 e. The van der Waals surface area contributed by atoms with E-state index < -0.39 is 0 Å². The molecule has 3 N–H and O–H groups in total. The van der Waals surface area contributed by atoms with Crippen LogP contribution in [-0.2, 0) is 12.8 Å². The zero-order valence-electron chi connectivity index (χ0n) is 9.38. The van der Waals surface area contributed by atoms with Crippen LogP contribution in [0.5, 0.6) is 0 Å². The number of rotatable bonds is 2. The minimum atomic E-state index is -0.0562. The molecule has 0 saturated carbocycles. The van der Waals surface area contributed by atoms with Crippen molar-refractivity contribution in [2.75, 3.05) is 0 Å². The Labute approximate surface area is 90.0 Å². The summed E-state index contributed by atoms with van der Waals surface area (Å²) in [5.41, 5.74) is 8.07. The van der Waals surface area contributed by atoms with Gasteiger partial charge in [-0.2, -0.15) is 0 Å². The third-order valence-electron chi connectivity index (χ3n) is 3.18. The highest BCUT2D eigenvalue weighted by molar-refractivity contribution is 5.81. The highest BCUT2D eigenvalue weighted by Gasteiger charge is 2.21. The van der Waals surface area contributed by atoms with E-state index in [4.69, 9.17) is 11.1 Å². The second-order valence-electron chi connectivity index (χ2n) is 4.26. The summed E-state index contributed by atoms with van der Waals surface area (Å²) in [4.78, 5) is 4.57. The Bertz CT molecular complexity index is 392. The van der Waals surface area contributed by atoms with Gasteiger partial charge >= 0.3 is 0 Å². The molecule has 1 unspecified atom stereocenters. The van der Waals surface area contributed by atoms with Crippen LogP contribution in [0.4, 0.5) is 0 Å². The van der Waals surface area contributed by atoms with Crippen LogP contribution >= 0.6 is 0 Å². The number of hydrogen-bond acceptors (Lipinski definition) is 2. The molecule has 0 bridgehead atoms. The first kappa shape index (κ1) is 10.2. The van der Waals surface area contributed by atoms with E-state index in [1.807, 2.05) is 13.8 Å². The molecule has 0 amide bonds. The second-order valence-corrected chi connectivity index (χ2v) is 4.26. The van der Waals surface area contributed by atoms with Gasteiger partial charge in [0.05, 0.1) is 11.7 Å². The Hall–Kier alpha value is -1.32. The van der Waals surface area contributed by atoms with Crippen LogP contribution < -0.4 is 5.73 Å². The van der Waals surface area contributed by atoms with Crippen molar-refractivity contribution in [3.05, 3.63) is 17.2 Å². The molecule has 1 aliphatic carbocycles. The van der Waals surface area contributed by atoms with Crippen molar-refractivity contribution in [3.8, 4) is 0 Å². The van der Waals surface area contributed by atoms with Crippen LogP contribution in [0.3, 0.4) is 0 Å². The fourth-order valence-corrected chi connectivity index (χ4v) is 2.35. The number of fused-ring (bicyclic) bond motifs is 1. The lowest BCUT2D eigenvalue weighted by atomic mass is 10.0. The van der Waals surface area contributed by atoms with Crippen molar-refractivity contribution in [1.29, 1.82) is 5.41 Å². The summed E-state index contributed by atoms with van der Waals surface area (Å²) in [5, 5.41) is 7.52. The van der Waals surface area contributed by atoms with Crippen LogP contribution in [0.1, 0.15) is 43.0 Å². The van der Waals surface area contributed by atoms with E-state index >= 15 is 0 Å². The highest BCUT2D eigenvalue weighted by atomic mass is 15.1. The van der Waals surface area contributed by atoms with Gasteiger partial charge in [-0.15, -0.1) is 0 Å². The van der Waals surface area contributed by atoms with E-state index in [1.54, 1.807) is 0 Å². The van der Waals surface area contributed by atoms with Gasteiger partial charge in [-0.05, 0) is 39.5 Å². The predicted molar refractivity (Wildman–Crippen MR) is 60.2 cm³/mol. The molecule has 0 spiro atoms. The molecule has 0 aromatic carbocycles. The largest absolute Gasteiger partial charge is 0.386 e. The standard InChI is InChI=1S/C11H18N4/c1-7(11(12)13)15-8(2)14-9-5-3-4-6-10(9)15/h7H,3-6H2,1-2H3,(H3,12,13). The Balaban J connectivity index is 2.46. The van der Waals surface area contributed by atoms with E-state index in [2.05, 4.69) is 9.55 Å². The molecule has 2 rings (SSSR count). The minimum absolute atomic E-state index is 0.0562. The zero-order valence-corrected chi connectivity index (χ0v) is 9.38. The monoisotopic (exact) mass is 206 g/mol. The Morgan fingerprint density at radius 1 is 1.47 bits per heavy atom. The van der Waals surface area contributed by atoms with Crippen molar-refractivity contribution in [1.82, 2.24) is 9.55 Å². The van der Waals surface area contributed by atoms with Crippen LogP contribution in [0.25, 0.3) is 0 Å². The van der Waals surface area contributed by atoms with Crippen molar-refractivity contribution < 1.29 is 0 Å². The van der Waals surface area contributed by atoms with Crippen molar-refractivity contribution in [2.45, 2.75) is 45.6 Å². The number of aryl methyl sites for hydroxylation is 2. The summed E-state index contributed by atoms with van der Waals surface area (Å²) in [5.74, 6) is 1.20. The molecule has 1 aromatic heterocycles. The van der Waals surface area contributed by atoms with E-state index in [-0.39, 0.29) is 11.9 Å². The summed E-state index contributed by atoms with van der Waals surface area (Å²) in [6.45, 7) is 3.96. The minimum Gasteiger partial charge on any atom is -0.386 e. The molecule has 0 aliphatic heterocycles. The van der Waals surface area contributed by atoms with Crippen molar-refractivity contribution >= 4 is 5.84 Å². The molecule has 1 atom stereocenters. The molecule has 4 nitrogen and oxygen atoms in total. The highest BCUT2D eigenvalue weighted by Crippen LogP contribution is 2.25. The topological polar surface area (TPSA) is 67.7 Å². The molecule has 0 fully saturated rings. The maximum absolute atomic E-state index is 7.52. The van der Waals surface area contributed by atoms with Gasteiger partial charge in [0.25, 0.3) is 0 Å². The molecular weight excluding hydrogens is 188 g/mol. The average molecular weight is 206 g/mol. The SMILES string of the molecule is Cc1nc2c(n1C(C)C(=N)N)CCCC2. The molecule has 82 valence electrons. The summed E-state index contributed by atoms with van der Waals surface area (Å²) in [6.07, 6.45) is 4.61. The summed E-state index contributed by atoms with van der Waals surface area (Å²) in [7, 11) is 0. The molecule has 1 aromatic rings. The van der Waals surface area contributed by atoms with Gasteiger partial charge in [-0.1, -0.05) is 0 Å². The van der Waals surface area contributed by atoms with E-state index in [9.17, 15) is 0 Å². The third kappa shape index (κ3) is 1.64. The number of nitrogens with one attached hydrogen (secondary N) is 1. The Kier molecular flexibility index (Phi) is 2.50. The van der Waals surface area contributed by atoms with E-state index in [1.165, 1.54) is 24.2 Å². The fourth-order valence-electron chi connectivity index (χ4n) is 2.35. The molecule has 0 radical (unpaired) electrons. The number of hydrogen-bond donors (Lipinski definition) is 2. The molecule has 0 saturated heterocycles. The molecule has 4 heteroatoms. The third-order valence-corrected chi connectivity index (χ3v) is 3.18. The summed E-state index contributed by atoms with van der Waals surface area (Å²) < 4.78 is 2.12.